The first-order valence-electron chi connectivity index (χ1n) is 8.95. The van der Waals surface area contributed by atoms with Crippen LogP contribution in [-0.4, -0.2) is 43.0 Å². The van der Waals surface area contributed by atoms with E-state index >= 15 is 0 Å². The summed E-state index contributed by atoms with van der Waals surface area (Å²) >= 11 is 0. The maximum absolute atomic E-state index is 12.9. The monoisotopic (exact) mass is 315 g/mol. The summed E-state index contributed by atoms with van der Waals surface area (Å²) in [4.78, 5) is 15.4. The minimum absolute atomic E-state index is 0.0721. The van der Waals surface area contributed by atoms with Crippen molar-refractivity contribution in [3.63, 3.8) is 0 Å². The van der Waals surface area contributed by atoms with E-state index in [4.69, 9.17) is 4.74 Å². The lowest BCUT2D eigenvalue weighted by molar-refractivity contribution is -0.123. The molecule has 2 aliphatic rings. The average Bonchev–Trinajstić information content (AvgIpc) is 3.12. The summed E-state index contributed by atoms with van der Waals surface area (Å²) in [6.07, 6.45) is 3.02. The van der Waals surface area contributed by atoms with E-state index in [-0.39, 0.29) is 6.04 Å². The molecule has 0 bridgehead atoms. The van der Waals surface area contributed by atoms with E-state index < -0.39 is 0 Å². The zero-order valence-corrected chi connectivity index (χ0v) is 14.6. The van der Waals surface area contributed by atoms with Crippen LogP contribution in [0.2, 0.25) is 0 Å². The highest BCUT2D eigenvalue weighted by atomic mass is 16.5. The van der Waals surface area contributed by atoms with Crippen molar-refractivity contribution in [2.24, 2.45) is 11.8 Å². The number of ketones is 1. The summed E-state index contributed by atoms with van der Waals surface area (Å²) in [5.41, 5.74) is 1.32. The Balaban J connectivity index is 1.89. The summed E-state index contributed by atoms with van der Waals surface area (Å²) < 4.78 is 5.41. The number of rotatable bonds is 5. The molecule has 1 aliphatic heterocycles. The predicted molar refractivity (Wildman–Crippen MR) is 92.5 cm³/mol. The highest BCUT2D eigenvalue weighted by molar-refractivity contribution is 5.88. The molecule has 3 heteroatoms. The molecule has 1 aromatic carbocycles. The number of carbonyl (C=O) groups is 1. The molecule has 0 unspecified atom stereocenters. The molecule has 3 rings (SSSR count). The molecular formula is C20H29NO2. The second kappa shape index (κ2) is 7.14. The maximum Gasteiger partial charge on any atom is 0.150 e. The molecule has 0 radical (unpaired) electrons. The number of carbonyl (C=O) groups excluding carboxylic acids is 1. The highest BCUT2D eigenvalue weighted by Crippen LogP contribution is 2.45. The van der Waals surface area contributed by atoms with Gasteiger partial charge in [-0.1, -0.05) is 44.2 Å². The largest absolute Gasteiger partial charge is 0.383 e. The third-order valence-corrected chi connectivity index (χ3v) is 5.72. The first kappa shape index (κ1) is 16.7. The fraction of sp³-hybridized carbons (Fsp3) is 0.650. The SMILES string of the molecule is COC[C@@H]1CCCN1[C@@H]1C(=O)C[C@H](c2ccccc2)[C@@H]1C(C)C. The number of ether oxygens (including phenoxy) is 1. The molecule has 2 fully saturated rings. The highest BCUT2D eigenvalue weighted by Gasteiger charge is 2.49. The maximum atomic E-state index is 12.9. The Bertz CT molecular complexity index is 528. The van der Waals surface area contributed by atoms with Crippen LogP contribution in [0.25, 0.3) is 0 Å². The van der Waals surface area contributed by atoms with Crippen LogP contribution in [0, 0.1) is 11.8 Å². The zero-order valence-electron chi connectivity index (χ0n) is 14.6. The van der Waals surface area contributed by atoms with Crippen molar-refractivity contribution >= 4 is 5.78 Å². The van der Waals surface area contributed by atoms with E-state index in [1.807, 2.05) is 0 Å². The molecule has 0 amide bonds. The van der Waals surface area contributed by atoms with Crippen LogP contribution < -0.4 is 0 Å². The third-order valence-electron chi connectivity index (χ3n) is 5.72. The lowest BCUT2D eigenvalue weighted by Gasteiger charge is -2.36. The van der Waals surface area contributed by atoms with Gasteiger partial charge in [-0.25, -0.2) is 0 Å². The first-order valence-corrected chi connectivity index (χ1v) is 8.95. The summed E-state index contributed by atoms with van der Waals surface area (Å²) in [5.74, 6) is 1.70. The summed E-state index contributed by atoms with van der Waals surface area (Å²) in [7, 11) is 1.76. The molecule has 1 saturated heterocycles. The second-order valence-corrected chi connectivity index (χ2v) is 7.44. The summed E-state index contributed by atoms with van der Waals surface area (Å²) in [5, 5.41) is 0. The number of benzene rings is 1. The molecule has 1 saturated carbocycles. The Kier molecular flexibility index (Phi) is 5.17. The van der Waals surface area contributed by atoms with Crippen LogP contribution in [0.15, 0.2) is 30.3 Å². The normalized spacial score (nSPS) is 32.1. The van der Waals surface area contributed by atoms with E-state index in [1.165, 1.54) is 12.0 Å². The van der Waals surface area contributed by atoms with E-state index in [0.29, 0.717) is 36.0 Å². The molecule has 3 nitrogen and oxygen atoms in total. The standard InChI is InChI=1S/C20H29NO2/c1-14(2)19-17(15-8-5-4-6-9-15)12-18(22)20(19)21-11-7-10-16(21)13-23-3/h4-6,8-9,14,16-17,19-20H,7,10-13H2,1-3H3/t16-,17+,19-,20+/m0/s1. The number of nitrogens with zero attached hydrogens (tertiary/aromatic N) is 1. The van der Waals surface area contributed by atoms with Crippen LogP contribution in [0.4, 0.5) is 0 Å². The molecule has 0 aromatic heterocycles. The van der Waals surface area contributed by atoms with Gasteiger partial charge in [0.15, 0.2) is 5.78 Å². The molecule has 23 heavy (non-hydrogen) atoms. The molecule has 1 aliphatic carbocycles. The second-order valence-electron chi connectivity index (χ2n) is 7.44. The molecule has 1 heterocycles. The zero-order chi connectivity index (χ0) is 16.4. The van der Waals surface area contributed by atoms with Gasteiger partial charge in [0.2, 0.25) is 0 Å². The van der Waals surface area contributed by atoms with Gasteiger partial charge < -0.3 is 4.74 Å². The van der Waals surface area contributed by atoms with Crippen LogP contribution in [-0.2, 0) is 9.53 Å². The van der Waals surface area contributed by atoms with Crippen LogP contribution in [0.3, 0.4) is 0 Å². The molecule has 4 atom stereocenters. The van der Waals surface area contributed by atoms with E-state index in [9.17, 15) is 4.79 Å². The number of methoxy groups -OCH3 is 1. The van der Waals surface area contributed by atoms with Crippen LogP contribution in [0.5, 0.6) is 0 Å². The number of hydrogen-bond donors (Lipinski definition) is 0. The van der Waals surface area contributed by atoms with Gasteiger partial charge in [0.1, 0.15) is 0 Å². The van der Waals surface area contributed by atoms with Gasteiger partial charge in [0, 0.05) is 19.6 Å². The average molecular weight is 315 g/mol. The van der Waals surface area contributed by atoms with Gasteiger partial charge >= 0.3 is 0 Å². The Morgan fingerprint density at radius 3 is 2.65 bits per heavy atom. The van der Waals surface area contributed by atoms with Gasteiger partial charge in [-0.3, -0.25) is 9.69 Å². The van der Waals surface area contributed by atoms with Crippen molar-refractivity contribution in [2.45, 2.75) is 51.1 Å². The van der Waals surface area contributed by atoms with Crippen LogP contribution in [0.1, 0.15) is 44.6 Å². The van der Waals surface area contributed by atoms with E-state index in [2.05, 4.69) is 49.1 Å². The quantitative estimate of drug-likeness (QED) is 0.833. The molecule has 0 N–H and O–H groups in total. The van der Waals surface area contributed by atoms with Crippen LogP contribution >= 0.6 is 0 Å². The number of Topliss-reactive ketones (excluding diaryl/α,β-unsaturated/α-hetero) is 1. The molecule has 1 aromatic rings. The molecule has 126 valence electrons. The van der Waals surface area contributed by atoms with Crippen molar-refractivity contribution in [3.05, 3.63) is 35.9 Å². The predicted octanol–water partition coefficient (Wildman–Crippen LogP) is 3.49. The topological polar surface area (TPSA) is 29.5 Å². The van der Waals surface area contributed by atoms with Crippen molar-refractivity contribution < 1.29 is 9.53 Å². The lowest BCUT2D eigenvalue weighted by Crippen LogP contribution is -2.48. The fourth-order valence-electron chi connectivity index (χ4n) is 4.78. The Labute approximate surface area is 140 Å². The van der Waals surface area contributed by atoms with Crippen molar-refractivity contribution in [1.82, 2.24) is 4.90 Å². The summed E-state index contributed by atoms with van der Waals surface area (Å²) in [6.45, 7) is 6.32. The van der Waals surface area contributed by atoms with E-state index in [0.717, 1.165) is 19.6 Å². The van der Waals surface area contributed by atoms with Gasteiger partial charge in [-0.15, -0.1) is 0 Å². The van der Waals surface area contributed by atoms with E-state index in [1.54, 1.807) is 7.11 Å². The third kappa shape index (κ3) is 3.22. The lowest BCUT2D eigenvalue weighted by atomic mass is 9.79. The van der Waals surface area contributed by atoms with Gasteiger partial charge in [0.25, 0.3) is 0 Å². The Morgan fingerprint density at radius 2 is 2.00 bits per heavy atom. The minimum atomic E-state index is 0.0721. The van der Waals surface area contributed by atoms with Crippen molar-refractivity contribution in [2.75, 3.05) is 20.3 Å². The molecule has 0 spiro atoms. The van der Waals surface area contributed by atoms with Crippen molar-refractivity contribution in [1.29, 1.82) is 0 Å². The smallest absolute Gasteiger partial charge is 0.150 e. The Hall–Kier alpha value is -1.19. The van der Waals surface area contributed by atoms with Gasteiger partial charge in [-0.05, 0) is 42.7 Å². The minimum Gasteiger partial charge on any atom is -0.383 e. The Morgan fingerprint density at radius 1 is 1.26 bits per heavy atom. The fourth-order valence-corrected chi connectivity index (χ4v) is 4.78. The van der Waals surface area contributed by atoms with Gasteiger partial charge in [-0.2, -0.15) is 0 Å². The summed E-state index contributed by atoms with van der Waals surface area (Å²) in [6, 6.07) is 11.1. The van der Waals surface area contributed by atoms with Crippen molar-refractivity contribution in [3.8, 4) is 0 Å². The number of hydrogen-bond acceptors (Lipinski definition) is 3. The number of likely N-dealkylation sites (tertiary alicyclic amines) is 1. The first-order chi connectivity index (χ1) is 11.1. The molecular weight excluding hydrogens is 286 g/mol. The van der Waals surface area contributed by atoms with Gasteiger partial charge in [0.05, 0.1) is 12.6 Å².